The highest BCUT2D eigenvalue weighted by Crippen LogP contribution is 2.39. The normalized spacial score (nSPS) is 11.8. The van der Waals surface area contributed by atoms with Crippen molar-refractivity contribution in [3.63, 3.8) is 0 Å². The van der Waals surface area contributed by atoms with E-state index in [1.807, 2.05) is 6.07 Å². The minimum Gasteiger partial charge on any atom is -0.247 e. The second-order valence-electron chi connectivity index (χ2n) is 3.78. The lowest BCUT2D eigenvalue weighted by Crippen LogP contribution is -1.74. The molecule has 16 heavy (non-hydrogen) atoms. The third-order valence-electron chi connectivity index (χ3n) is 2.87. The average molecular weight is 241 g/mol. The first-order valence-corrected chi connectivity index (χ1v) is 6.87. The summed E-state index contributed by atoms with van der Waals surface area (Å²) in [6.45, 7) is 0. The molecule has 1 aromatic carbocycles. The summed E-state index contributed by atoms with van der Waals surface area (Å²) in [7, 11) is 0. The molecule has 0 spiro atoms. The summed E-state index contributed by atoms with van der Waals surface area (Å²) in [6, 6.07) is 8.35. The van der Waals surface area contributed by atoms with Crippen molar-refractivity contribution >= 4 is 43.7 Å². The monoisotopic (exact) mass is 241 g/mol. The largest absolute Gasteiger partial charge is 0.247 e. The summed E-state index contributed by atoms with van der Waals surface area (Å²) in [5, 5.41) is 9.17. The molecule has 0 radical (unpaired) electrons. The Morgan fingerprint density at radius 2 is 1.88 bits per heavy atom. The van der Waals surface area contributed by atoms with Gasteiger partial charge in [-0.3, -0.25) is 0 Å². The fourth-order valence-electron chi connectivity index (χ4n) is 2.10. The molecule has 4 rings (SSSR count). The third kappa shape index (κ3) is 1.02. The molecule has 0 bridgehead atoms. The standard InChI is InChI=1S/C13H7NS2/c1-2-4-11-8(3-1)9-6-16-12-7-15-5-10(12)13(9)14-11/h1-7H. The smallest absolute Gasteiger partial charge is 0.0819 e. The predicted molar refractivity (Wildman–Crippen MR) is 71.6 cm³/mol. The van der Waals surface area contributed by atoms with Gasteiger partial charge in [-0.2, -0.15) is 11.3 Å². The maximum Gasteiger partial charge on any atom is 0.0819 e. The molecule has 1 aromatic heterocycles. The number of para-hydroxylation sites is 1. The van der Waals surface area contributed by atoms with Crippen molar-refractivity contribution in [3.8, 4) is 11.3 Å². The minimum absolute atomic E-state index is 1.10. The van der Waals surface area contributed by atoms with Crippen molar-refractivity contribution in [3.05, 3.63) is 40.4 Å². The van der Waals surface area contributed by atoms with Gasteiger partial charge in [-0.05, 0) is 6.07 Å². The Morgan fingerprint density at radius 3 is 2.88 bits per heavy atom. The molecule has 0 amide bonds. The summed E-state index contributed by atoms with van der Waals surface area (Å²) in [5.41, 5.74) is 3.53. The molecule has 2 aromatic rings. The number of benzene rings is 1. The van der Waals surface area contributed by atoms with Crippen molar-refractivity contribution in [2.24, 2.45) is 0 Å². The highest BCUT2D eigenvalue weighted by Gasteiger charge is 2.14. The Labute approximate surface area is 100 Å². The molecule has 2 aliphatic rings. The third-order valence-corrected chi connectivity index (χ3v) is 4.70. The van der Waals surface area contributed by atoms with E-state index in [0.29, 0.717) is 0 Å². The van der Waals surface area contributed by atoms with Crippen LogP contribution in [0.3, 0.4) is 0 Å². The Kier molecular flexibility index (Phi) is 1.64. The number of hydrogen-bond donors (Lipinski definition) is 0. The SMILES string of the molecule is c1ccc2c3csc4cscc4c-3nc2c1. The minimum atomic E-state index is 1.10. The molecule has 0 aliphatic carbocycles. The Hall–Kier alpha value is -1.45. The van der Waals surface area contributed by atoms with Crippen LogP contribution in [-0.2, 0) is 0 Å². The van der Waals surface area contributed by atoms with Crippen molar-refractivity contribution in [2.75, 3.05) is 0 Å². The van der Waals surface area contributed by atoms with Gasteiger partial charge in [0.15, 0.2) is 0 Å². The highest BCUT2D eigenvalue weighted by molar-refractivity contribution is 7.21. The van der Waals surface area contributed by atoms with Crippen LogP contribution in [0.4, 0.5) is 0 Å². The van der Waals surface area contributed by atoms with Crippen LogP contribution in [0.2, 0.25) is 0 Å². The van der Waals surface area contributed by atoms with Crippen molar-refractivity contribution < 1.29 is 0 Å². The summed E-state index contributed by atoms with van der Waals surface area (Å²) < 4.78 is 1.33. The fraction of sp³-hybridized carbons (Fsp3) is 0. The summed E-state index contributed by atoms with van der Waals surface area (Å²) in [4.78, 5) is 4.73. The predicted octanol–water partition coefficient (Wildman–Crippen LogP) is 4.62. The molecule has 76 valence electrons. The van der Waals surface area contributed by atoms with Gasteiger partial charge in [0.05, 0.1) is 11.2 Å². The summed E-state index contributed by atoms with van der Waals surface area (Å²) in [5.74, 6) is 0. The molecule has 0 N–H and O–H groups in total. The second kappa shape index (κ2) is 3.03. The Balaban J connectivity index is 2.31. The van der Waals surface area contributed by atoms with Crippen LogP contribution in [0.5, 0.6) is 0 Å². The lowest BCUT2D eigenvalue weighted by atomic mass is 10.1. The van der Waals surface area contributed by atoms with E-state index in [9.17, 15) is 0 Å². The number of thiophene rings is 1. The fourth-order valence-corrected chi connectivity index (χ4v) is 4.03. The van der Waals surface area contributed by atoms with Gasteiger partial charge in [-0.15, -0.1) is 11.3 Å². The Morgan fingerprint density at radius 1 is 0.938 bits per heavy atom. The van der Waals surface area contributed by atoms with Crippen LogP contribution in [0, 0.1) is 0 Å². The Bertz CT molecular complexity index is 766. The van der Waals surface area contributed by atoms with Gasteiger partial charge < -0.3 is 0 Å². The maximum absolute atomic E-state index is 4.73. The molecular weight excluding hydrogens is 234 g/mol. The first-order chi connectivity index (χ1) is 7.93. The summed E-state index contributed by atoms with van der Waals surface area (Å²) >= 11 is 3.55. The summed E-state index contributed by atoms with van der Waals surface area (Å²) in [6.07, 6.45) is 0. The van der Waals surface area contributed by atoms with Crippen molar-refractivity contribution in [1.82, 2.24) is 4.98 Å². The number of rotatable bonds is 0. The van der Waals surface area contributed by atoms with Gasteiger partial charge in [0.1, 0.15) is 0 Å². The van der Waals surface area contributed by atoms with Crippen LogP contribution < -0.4 is 0 Å². The van der Waals surface area contributed by atoms with E-state index in [2.05, 4.69) is 34.3 Å². The van der Waals surface area contributed by atoms with Gasteiger partial charge in [0.25, 0.3) is 0 Å². The van der Waals surface area contributed by atoms with Gasteiger partial charge in [0, 0.05) is 37.2 Å². The number of aromatic nitrogens is 1. The lowest BCUT2D eigenvalue weighted by molar-refractivity contribution is 1.50. The van der Waals surface area contributed by atoms with Gasteiger partial charge >= 0.3 is 0 Å². The van der Waals surface area contributed by atoms with Crippen molar-refractivity contribution in [1.29, 1.82) is 0 Å². The zero-order chi connectivity index (χ0) is 10.5. The highest BCUT2D eigenvalue weighted by atomic mass is 32.1. The van der Waals surface area contributed by atoms with Crippen LogP contribution in [0.1, 0.15) is 0 Å². The van der Waals surface area contributed by atoms with Crippen LogP contribution in [0.15, 0.2) is 40.4 Å². The topological polar surface area (TPSA) is 12.9 Å². The molecule has 1 nitrogen and oxygen atoms in total. The first kappa shape index (κ1) is 8.67. The zero-order valence-corrected chi connectivity index (χ0v) is 9.94. The number of nitrogens with zero attached hydrogens (tertiary/aromatic N) is 1. The van der Waals surface area contributed by atoms with E-state index in [1.54, 1.807) is 22.7 Å². The van der Waals surface area contributed by atoms with Crippen molar-refractivity contribution in [2.45, 2.75) is 0 Å². The molecule has 3 heterocycles. The van der Waals surface area contributed by atoms with E-state index in [4.69, 9.17) is 4.98 Å². The maximum atomic E-state index is 4.73. The quantitative estimate of drug-likeness (QED) is 0.438. The molecule has 3 heteroatoms. The van der Waals surface area contributed by atoms with Crippen LogP contribution in [0.25, 0.3) is 32.2 Å². The zero-order valence-electron chi connectivity index (χ0n) is 8.31. The van der Waals surface area contributed by atoms with E-state index in [1.165, 1.54) is 21.0 Å². The van der Waals surface area contributed by atoms with E-state index < -0.39 is 0 Å². The first-order valence-electron chi connectivity index (χ1n) is 5.05. The van der Waals surface area contributed by atoms with E-state index >= 15 is 0 Å². The van der Waals surface area contributed by atoms with Gasteiger partial charge in [0.2, 0.25) is 0 Å². The van der Waals surface area contributed by atoms with E-state index in [0.717, 1.165) is 11.2 Å². The number of hydrogen-bond acceptors (Lipinski definition) is 3. The molecule has 0 atom stereocenters. The molecule has 2 aliphatic heterocycles. The van der Waals surface area contributed by atoms with Crippen LogP contribution >= 0.6 is 22.7 Å². The molecule has 0 fully saturated rings. The molecule has 0 unspecified atom stereocenters. The second-order valence-corrected chi connectivity index (χ2v) is 5.43. The van der Waals surface area contributed by atoms with Gasteiger partial charge in [-0.1, -0.05) is 18.2 Å². The average Bonchev–Trinajstić information content (AvgIpc) is 2.92. The molecular formula is C13H7NS2. The number of fused-ring (bicyclic) bond motifs is 5. The molecule has 0 saturated carbocycles. The molecule has 0 saturated heterocycles. The van der Waals surface area contributed by atoms with Gasteiger partial charge in [-0.25, -0.2) is 4.98 Å². The lowest BCUT2D eigenvalue weighted by Gasteiger charge is -1.97. The van der Waals surface area contributed by atoms with Crippen LogP contribution in [-0.4, -0.2) is 4.98 Å². The van der Waals surface area contributed by atoms with E-state index in [-0.39, 0.29) is 0 Å².